The van der Waals surface area contributed by atoms with Crippen LogP contribution in [0.25, 0.3) is 0 Å². The number of ether oxygens (including phenoxy) is 1. The molecule has 2 heterocycles. The number of aromatic nitrogens is 1. The normalized spacial score (nSPS) is 15.4. The summed E-state index contributed by atoms with van der Waals surface area (Å²) >= 11 is 0. The molecule has 0 aliphatic carbocycles. The van der Waals surface area contributed by atoms with E-state index in [4.69, 9.17) is 4.74 Å². The van der Waals surface area contributed by atoms with Gasteiger partial charge < -0.3 is 14.7 Å². The van der Waals surface area contributed by atoms with E-state index >= 15 is 0 Å². The molecule has 1 N–H and O–H groups in total. The third-order valence-electron chi connectivity index (χ3n) is 5.77. The number of carboxylic acids is 1. The van der Waals surface area contributed by atoms with Gasteiger partial charge in [0.2, 0.25) is 0 Å². The highest BCUT2D eigenvalue weighted by atomic mass is 19.4. The largest absolute Gasteiger partial charge is 0.493 e. The third kappa shape index (κ3) is 5.45. The van der Waals surface area contributed by atoms with Gasteiger partial charge in [-0.25, -0.2) is 4.79 Å². The zero-order valence-corrected chi connectivity index (χ0v) is 17.8. The number of fused-ring (bicyclic) bond motifs is 1. The van der Waals surface area contributed by atoms with Crippen LogP contribution < -0.4 is 9.64 Å². The van der Waals surface area contributed by atoms with Crippen LogP contribution in [-0.4, -0.2) is 35.4 Å². The van der Waals surface area contributed by atoms with Gasteiger partial charge in [0, 0.05) is 29.8 Å². The summed E-state index contributed by atoms with van der Waals surface area (Å²) in [7, 11) is 0. The molecule has 8 heteroatoms. The summed E-state index contributed by atoms with van der Waals surface area (Å²) in [4.78, 5) is 16.7. The predicted octanol–water partition coefficient (Wildman–Crippen LogP) is 5.98. The van der Waals surface area contributed by atoms with Crippen LogP contribution in [0.5, 0.6) is 5.75 Å². The van der Waals surface area contributed by atoms with Crippen molar-refractivity contribution in [1.82, 2.24) is 4.98 Å². The molecule has 1 aromatic heterocycles. The fourth-order valence-corrected chi connectivity index (χ4v) is 4.20. The number of hydrogen-bond acceptors (Lipinski definition) is 4. The highest BCUT2D eigenvalue weighted by Crippen LogP contribution is 2.40. The molecule has 0 amide bonds. The summed E-state index contributed by atoms with van der Waals surface area (Å²) in [5.41, 5.74) is 2.66. The summed E-state index contributed by atoms with van der Waals surface area (Å²) in [5.74, 6) is -0.316. The zero-order chi connectivity index (χ0) is 23.4. The minimum absolute atomic E-state index is 0.109. The maximum absolute atomic E-state index is 13.3. The van der Waals surface area contributed by atoms with E-state index in [1.165, 1.54) is 17.2 Å². The number of carboxylic acid groups (broad SMARTS) is 1. The van der Waals surface area contributed by atoms with Crippen molar-refractivity contribution in [1.29, 1.82) is 0 Å². The standard InChI is InChI=1S/C25H23F3N2O3/c26-25(27,28)16-30(19-4-2-1-3-5-19)20-8-9-21-17(11-13-33-23(21)14-20)6-7-18-15-29-12-10-22(18)24(31)32/h1-5,8-10,12,14-15,17H,6-7,11,13,16H2,(H,31,32)/t17-/m1/s1. The number of aryl methyl sites for hydroxylation is 1. The minimum Gasteiger partial charge on any atom is -0.493 e. The lowest BCUT2D eigenvalue weighted by Crippen LogP contribution is -2.30. The van der Waals surface area contributed by atoms with Crippen molar-refractivity contribution in [3.05, 3.63) is 83.7 Å². The number of para-hydroxylation sites is 1. The SMILES string of the molecule is O=C(O)c1ccncc1CC[C@@H]1CCOc2cc(N(CC(F)(F)F)c3ccccc3)ccc21. The average Bonchev–Trinajstić information content (AvgIpc) is 2.81. The van der Waals surface area contributed by atoms with E-state index in [0.29, 0.717) is 42.1 Å². The van der Waals surface area contributed by atoms with E-state index < -0.39 is 18.7 Å². The molecule has 0 saturated carbocycles. The number of rotatable bonds is 7. The van der Waals surface area contributed by atoms with Crippen LogP contribution in [0.3, 0.4) is 0 Å². The fourth-order valence-electron chi connectivity index (χ4n) is 4.20. The molecule has 0 saturated heterocycles. The van der Waals surface area contributed by atoms with Crippen LogP contribution >= 0.6 is 0 Å². The number of aromatic carboxylic acids is 1. The summed E-state index contributed by atoms with van der Waals surface area (Å²) in [6, 6.07) is 15.1. The van der Waals surface area contributed by atoms with E-state index in [9.17, 15) is 23.1 Å². The number of alkyl halides is 3. The maximum Gasteiger partial charge on any atom is 0.406 e. The Hall–Kier alpha value is -3.55. The number of anilines is 2. The van der Waals surface area contributed by atoms with E-state index in [1.54, 1.807) is 48.7 Å². The Morgan fingerprint density at radius 1 is 1.12 bits per heavy atom. The second-order valence-electron chi connectivity index (χ2n) is 7.97. The molecule has 3 aromatic rings. The summed E-state index contributed by atoms with van der Waals surface area (Å²) in [6.45, 7) is -0.664. The molecule has 1 aliphatic heterocycles. The van der Waals surface area contributed by atoms with Gasteiger partial charge >= 0.3 is 12.1 Å². The summed E-state index contributed by atoms with van der Waals surface area (Å²) < 4.78 is 45.7. The number of hydrogen-bond donors (Lipinski definition) is 1. The van der Waals surface area contributed by atoms with Gasteiger partial charge in [0.15, 0.2) is 0 Å². The molecule has 4 rings (SSSR count). The van der Waals surface area contributed by atoms with Gasteiger partial charge in [-0.05, 0) is 60.6 Å². The lowest BCUT2D eigenvalue weighted by atomic mass is 9.87. The molecule has 0 unspecified atom stereocenters. The van der Waals surface area contributed by atoms with Crippen molar-refractivity contribution in [2.45, 2.75) is 31.4 Å². The summed E-state index contributed by atoms with van der Waals surface area (Å²) in [6.07, 6.45) is 0.623. The van der Waals surface area contributed by atoms with Crippen LogP contribution in [-0.2, 0) is 6.42 Å². The Labute approximate surface area is 189 Å². The van der Waals surface area contributed by atoms with Crippen molar-refractivity contribution in [3.63, 3.8) is 0 Å². The van der Waals surface area contributed by atoms with Crippen LogP contribution in [0.15, 0.2) is 67.0 Å². The lowest BCUT2D eigenvalue weighted by Gasteiger charge is -2.30. The molecule has 0 radical (unpaired) electrons. The third-order valence-corrected chi connectivity index (χ3v) is 5.77. The van der Waals surface area contributed by atoms with Gasteiger partial charge in [-0.15, -0.1) is 0 Å². The molecule has 0 bridgehead atoms. The smallest absolute Gasteiger partial charge is 0.406 e. The van der Waals surface area contributed by atoms with Crippen LogP contribution in [0.4, 0.5) is 24.5 Å². The molecule has 172 valence electrons. The Morgan fingerprint density at radius 2 is 1.91 bits per heavy atom. The first kappa shape index (κ1) is 22.6. The number of halogens is 3. The van der Waals surface area contributed by atoms with Gasteiger partial charge in [-0.3, -0.25) is 4.98 Å². The molecule has 33 heavy (non-hydrogen) atoms. The van der Waals surface area contributed by atoms with Crippen LogP contribution in [0.2, 0.25) is 0 Å². The molecular formula is C25H23F3N2O3. The molecule has 0 spiro atoms. The highest BCUT2D eigenvalue weighted by Gasteiger charge is 2.32. The van der Waals surface area contributed by atoms with Crippen molar-refractivity contribution in [2.75, 3.05) is 18.1 Å². The fraction of sp³-hybridized carbons (Fsp3) is 0.280. The van der Waals surface area contributed by atoms with Gasteiger partial charge in [0.1, 0.15) is 12.3 Å². The van der Waals surface area contributed by atoms with E-state index in [1.807, 2.05) is 6.07 Å². The van der Waals surface area contributed by atoms with E-state index in [2.05, 4.69) is 4.98 Å². The second kappa shape index (κ2) is 9.52. The number of carbonyl (C=O) groups is 1. The number of pyridine rings is 1. The number of nitrogens with zero attached hydrogens (tertiary/aromatic N) is 2. The van der Waals surface area contributed by atoms with Crippen LogP contribution in [0, 0.1) is 0 Å². The van der Waals surface area contributed by atoms with Crippen molar-refractivity contribution >= 4 is 17.3 Å². The molecule has 0 fully saturated rings. The Kier molecular flexibility index (Phi) is 6.53. The van der Waals surface area contributed by atoms with Gasteiger partial charge in [0.05, 0.1) is 12.2 Å². The Bertz CT molecular complexity index is 1120. The van der Waals surface area contributed by atoms with E-state index in [-0.39, 0.29) is 11.5 Å². The van der Waals surface area contributed by atoms with Crippen molar-refractivity contribution in [2.24, 2.45) is 0 Å². The van der Waals surface area contributed by atoms with Gasteiger partial charge in [0.25, 0.3) is 0 Å². The first-order chi connectivity index (χ1) is 15.8. The van der Waals surface area contributed by atoms with E-state index in [0.717, 1.165) is 12.0 Å². The molecular weight excluding hydrogens is 433 g/mol. The lowest BCUT2D eigenvalue weighted by molar-refractivity contribution is -0.118. The van der Waals surface area contributed by atoms with Crippen molar-refractivity contribution in [3.8, 4) is 5.75 Å². The van der Waals surface area contributed by atoms with Crippen molar-refractivity contribution < 1.29 is 27.8 Å². The van der Waals surface area contributed by atoms with Gasteiger partial charge in [-0.1, -0.05) is 24.3 Å². The Balaban J connectivity index is 1.58. The number of benzene rings is 2. The summed E-state index contributed by atoms with van der Waals surface area (Å²) in [5, 5.41) is 9.38. The molecule has 2 aromatic carbocycles. The first-order valence-electron chi connectivity index (χ1n) is 10.6. The Morgan fingerprint density at radius 3 is 2.64 bits per heavy atom. The monoisotopic (exact) mass is 456 g/mol. The molecule has 5 nitrogen and oxygen atoms in total. The average molecular weight is 456 g/mol. The minimum atomic E-state index is -4.37. The van der Waals surface area contributed by atoms with Crippen LogP contribution in [0.1, 0.15) is 40.2 Å². The quantitative estimate of drug-likeness (QED) is 0.474. The topological polar surface area (TPSA) is 62.7 Å². The molecule has 1 atom stereocenters. The first-order valence-corrected chi connectivity index (χ1v) is 10.6. The maximum atomic E-state index is 13.3. The molecule has 1 aliphatic rings. The highest BCUT2D eigenvalue weighted by molar-refractivity contribution is 5.89. The zero-order valence-electron chi connectivity index (χ0n) is 17.8. The second-order valence-corrected chi connectivity index (χ2v) is 7.97. The van der Waals surface area contributed by atoms with Gasteiger partial charge in [-0.2, -0.15) is 13.2 Å². The predicted molar refractivity (Wildman–Crippen MR) is 118 cm³/mol.